The molecule has 0 aromatic rings. The lowest BCUT2D eigenvalue weighted by Crippen LogP contribution is -2.41. The second-order valence-electron chi connectivity index (χ2n) is 7.56. The van der Waals surface area contributed by atoms with Gasteiger partial charge in [-0.2, -0.15) is 13.2 Å². The van der Waals surface area contributed by atoms with Gasteiger partial charge in [-0.3, -0.25) is 4.90 Å². The zero-order chi connectivity index (χ0) is 16.4. The first kappa shape index (κ1) is 18.0. The Balaban J connectivity index is 1.61. The van der Waals surface area contributed by atoms with Crippen molar-refractivity contribution in [2.75, 3.05) is 39.3 Å². The summed E-state index contributed by atoms with van der Waals surface area (Å²) in [4.78, 5) is 4.52. The van der Waals surface area contributed by atoms with E-state index in [-0.39, 0.29) is 24.5 Å². The molecule has 0 bridgehead atoms. The zero-order valence-electron chi connectivity index (χ0n) is 14.0. The molecule has 2 heterocycles. The maximum atomic E-state index is 12.6. The Morgan fingerprint density at radius 3 is 2.14 bits per heavy atom. The van der Waals surface area contributed by atoms with Gasteiger partial charge in [-0.1, -0.05) is 0 Å². The molecule has 0 radical (unpaired) electrons. The van der Waals surface area contributed by atoms with Crippen LogP contribution in [0, 0.1) is 5.92 Å². The van der Waals surface area contributed by atoms with Crippen molar-refractivity contribution in [3.63, 3.8) is 0 Å². The minimum absolute atomic E-state index is 0.178. The molecule has 0 aliphatic carbocycles. The maximum Gasteiger partial charge on any atom is 0.391 e. The molecule has 130 valence electrons. The Labute approximate surface area is 131 Å². The van der Waals surface area contributed by atoms with Crippen LogP contribution in [0.25, 0.3) is 0 Å². The standard InChI is InChI=1S/C16H29F3N2O/c1-15(2,3)21-9-6-14(12-21)22-11-10-20-7-4-13(5-8-20)16(17,18)19/h13-14H,4-12H2,1-3H3. The van der Waals surface area contributed by atoms with Crippen molar-refractivity contribution < 1.29 is 17.9 Å². The van der Waals surface area contributed by atoms with Gasteiger partial charge in [0.25, 0.3) is 0 Å². The molecular weight excluding hydrogens is 293 g/mol. The second-order valence-corrected chi connectivity index (χ2v) is 7.56. The van der Waals surface area contributed by atoms with Crippen LogP contribution in [-0.2, 0) is 4.74 Å². The predicted molar refractivity (Wildman–Crippen MR) is 80.9 cm³/mol. The van der Waals surface area contributed by atoms with Crippen LogP contribution in [0.15, 0.2) is 0 Å². The van der Waals surface area contributed by atoms with Crippen LogP contribution in [0.4, 0.5) is 13.2 Å². The summed E-state index contributed by atoms with van der Waals surface area (Å²) in [6, 6.07) is 0. The van der Waals surface area contributed by atoms with Crippen LogP contribution in [-0.4, -0.2) is 66.9 Å². The van der Waals surface area contributed by atoms with Gasteiger partial charge >= 0.3 is 6.18 Å². The molecule has 1 atom stereocenters. The highest BCUT2D eigenvalue weighted by Crippen LogP contribution is 2.34. The summed E-state index contributed by atoms with van der Waals surface area (Å²) in [5.74, 6) is -1.11. The molecule has 0 amide bonds. The van der Waals surface area contributed by atoms with Crippen LogP contribution in [0.5, 0.6) is 0 Å². The molecule has 1 unspecified atom stereocenters. The van der Waals surface area contributed by atoms with Gasteiger partial charge in [0.2, 0.25) is 0 Å². The van der Waals surface area contributed by atoms with Crippen LogP contribution in [0.2, 0.25) is 0 Å². The smallest absolute Gasteiger partial charge is 0.376 e. The Morgan fingerprint density at radius 2 is 1.64 bits per heavy atom. The molecule has 2 aliphatic rings. The minimum atomic E-state index is -4.02. The normalized spacial score (nSPS) is 26.7. The van der Waals surface area contributed by atoms with Crippen molar-refractivity contribution in [1.29, 1.82) is 0 Å². The first-order valence-electron chi connectivity index (χ1n) is 8.32. The van der Waals surface area contributed by atoms with Crippen molar-refractivity contribution in [1.82, 2.24) is 9.80 Å². The highest BCUT2D eigenvalue weighted by Gasteiger charge is 2.41. The van der Waals surface area contributed by atoms with Crippen molar-refractivity contribution in [2.24, 2.45) is 5.92 Å². The number of alkyl halides is 3. The number of rotatable bonds is 4. The quantitative estimate of drug-likeness (QED) is 0.791. The van der Waals surface area contributed by atoms with Gasteiger partial charge in [0.1, 0.15) is 0 Å². The SMILES string of the molecule is CC(C)(C)N1CCC(OCCN2CCC(C(F)(F)F)CC2)C1. The average molecular weight is 322 g/mol. The number of nitrogens with zero attached hydrogens (tertiary/aromatic N) is 2. The third kappa shape index (κ3) is 5.10. The number of halogens is 3. The van der Waals surface area contributed by atoms with E-state index < -0.39 is 12.1 Å². The molecule has 0 spiro atoms. The van der Waals surface area contributed by atoms with Crippen LogP contribution in [0.3, 0.4) is 0 Å². The number of hydrogen-bond acceptors (Lipinski definition) is 3. The predicted octanol–water partition coefficient (Wildman–Crippen LogP) is 3.15. The lowest BCUT2D eigenvalue weighted by molar-refractivity contribution is -0.185. The summed E-state index contributed by atoms with van der Waals surface area (Å²) >= 11 is 0. The van der Waals surface area contributed by atoms with Gasteiger partial charge in [0, 0.05) is 25.2 Å². The van der Waals surface area contributed by atoms with E-state index in [4.69, 9.17) is 4.74 Å². The van der Waals surface area contributed by atoms with Crippen LogP contribution in [0.1, 0.15) is 40.0 Å². The molecule has 2 rings (SSSR count). The molecule has 6 heteroatoms. The molecule has 2 fully saturated rings. The van der Waals surface area contributed by atoms with E-state index >= 15 is 0 Å². The van der Waals surface area contributed by atoms with Gasteiger partial charge < -0.3 is 9.64 Å². The van der Waals surface area contributed by atoms with Crippen molar-refractivity contribution in [3.8, 4) is 0 Å². The van der Waals surface area contributed by atoms with Crippen molar-refractivity contribution in [3.05, 3.63) is 0 Å². The molecule has 22 heavy (non-hydrogen) atoms. The number of ether oxygens (including phenoxy) is 1. The average Bonchev–Trinajstić information content (AvgIpc) is 2.87. The van der Waals surface area contributed by atoms with Gasteiger partial charge in [-0.15, -0.1) is 0 Å². The Morgan fingerprint density at radius 1 is 1.00 bits per heavy atom. The maximum absolute atomic E-state index is 12.6. The number of piperidine rings is 1. The summed E-state index contributed by atoms with van der Waals surface area (Å²) in [5, 5.41) is 0. The minimum Gasteiger partial charge on any atom is -0.376 e. The fourth-order valence-corrected chi connectivity index (χ4v) is 3.31. The zero-order valence-corrected chi connectivity index (χ0v) is 14.0. The molecule has 3 nitrogen and oxygen atoms in total. The van der Waals surface area contributed by atoms with Gasteiger partial charge in [0.05, 0.1) is 18.6 Å². The molecule has 2 aliphatic heterocycles. The lowest BCUT2D eigenvalue weighted by Gasteiger charge is -2.33. The Hall–Kier alpha value is -0.330. The summed E-state index contributed by atoms with van der Waals surface area (Å²) in [5.41, 5.74) is 0.178. The number of hydrogen-bond donors (Lipinski definition) is 0. The van der Waals surface area contributed by atoms with E-state index in [9.17, 15) is 13.2 Å². The van der Waals surface area contributed by atoms with E-state index in [1.165, 1.54) is 0 Å². The number of likely N-dealkylation sites (tertiary alicyclic amines) is 2. The summed E-state index contributed by atoms with van der Waals surface area (Å²) in [6.07, 6.45) is -2.25. The fraction of sp³-hybridized carbons (Fsp3) is 1.00. The van der Waals surface area contributed by atoms with E-state index in [1.807, 2.05) is 0 Å². The van der Waals surface area contributed by atoms with Gasteiger partial charge in [-0.05, 0) is 53.1 Å². The van der Waals surface area contributed by atoms with E-state index in [0.717, 1.165) is 26.1 Å². The van der Waals surface area contributed by atoms with Gasteiger partial charge in [0.15, 0.2) is 0 Å². The second kappa shape index (κ2) is 7.05. The highest BCUT2D eigenvalue weighted by atomic mass is 19.4. The summed E-state index contributed by atoms with van der Waals surface area (Å²) < 4.78 is 43.7. The van der Waals surface area contributed by atoms with Crippen molar-refractivity contribution in [2.45, 2.75) is 57.9 Å². The van der Waals surface area contributed by atoms with E-state index in [2.05, 4.69) is 30.6 Å². The van der Waals surface area contributed by atoms with Crippen LogP contribution >= 0.6 is 0 Å². The largest absolute Gasteiger partial charge is 0.391 e. The molecule has 2 saturated heterocycles. The summed E-state index contributed by atoms with van der Waals surface area (Å²) in [7, 11) is 0. The third-order valence-electron chi connectivity index (χ3n) is 4.91. The van der Waals surface area contributed by atoms with E-state index in [0.29, 0.717) is 19.7 Å². The Bertz CT molecular complexity index is 346. The van der Waals surface area contributed by atoms with E-state index in [1.54, 1.807) is 0 Å². The lowest BCUT2D eigenvalue weighted by atomic mass is 9.96. The van der Waals surface area contributed by atoms with Crippen LogP contribution < -0.4 is 0 Å². The topological polar surface area (TPSA) is 15.7 Å². The van der Waals surface area contributed by atoms with Gasteiger partial charge in [-0.25, -0.2) is 0 Å². The third-order valence-corrected chi connectivity index (χ3v) is 4.91. The monoisotopic (exact) mass is 322 g/mol. The first-order chi connectivity index (χ1) is 10.2. The molecule has 0 aromatic carbocycles. The molecule has 0 aromatic heterocycles. The molecule has 0 saturated carbocycles. The molecular formula is C16H29F3N2O. The van der Waals surface area contributed by atoms with Crippen molar-refractivity contribution >= 4 is 0 Å². The highest BCUT2D eigenvalue weighted by molar-refractivity contribution is 4.85. The first-order valence-corrected chi connectivity index (χ1v) is 8.32. The fourth-order valence-electron chi connectivity index (χ4n) is 3.31. The Kier molecular flexibility index (Phi) is 5.78. The summed E-state index contributed by atoms with van der Waals surface area (Å²) in [6.45, 7) is 11.1. The molecule has 0 N–H and O–H groups in total.